The molecule has 9 heteroatoms. The second-order valence-corrected chi connectivity index (χ2v) is 2.85. The van der Waals surface area contributed by atoms with E-state index >= 15 is 0 Å². The molecule has 98 valence electrons. The predicted octanol–water partition coefficient (Wildman–Crippen LogP) is 3.49. The average Bonchev–Trinajstić information content (AvgIpc) is 2.32. The molecule has 18 heavy (non-hydrogen) atoms. The van der Waals surface area contributed by atoms with Crippen molar-refractivity contribution in [3.05, 3.63) is 40.5 Å². The fourth-order valence-corrected chi connectivity index (χ4v) is 0.994. The van der Waals surface area contributed by atoms with Gasteiger partial charge in [0.15, 0.2) is 29.1 Å². The Morgan fingerprint density at radius 1 is 0.667 bits per heavy atom. The summed E-state index contributed by atoms with van der Waals surface area (Å²) < 4.78 is 101. The van der Waals surface area contributed by atoms with Crippen LogP contribution in [0.1, 0.15) is 5.56 Å². The van der Waals surface area contributed by atoms with Crippen molar-refractivity contribution in [2.45, 2.75) is 0 Å². The van der Waals surface area contributed by atoms with Crippen molar-refractivity contribution in [3.63, 3.8) is 0 Å². The third kappa shape index (κ3) is 2.07. The number of carbonyl (C=O) groups excluding carboxylic acids is 1. The van der Waals surface area contributed by atoms with Crippen LogP contribution in [0.4, 0.5) is 35.1 Å². The fraction of sp³-hybridized carbons (Fsp3) is 0. The predicted molar refractivity (Wildman–Crippen MR) is 41.5 cm³/mol. The minimum Gasteiger partial charge on any atom is -0.252 e. The van der Waals surface area contributed by atoms with Crippen LogP contribution in [0.2, 0.25) is 0 Å². The van der Waals surface area contributed by atoms with Crippen molar-refractivity contribution in [1.82, 2.24) is 0 Å². The summed E-state index contributed by atoms with van der Waals surface area (Å²) in [5.41, 5.74) is -2.35. The van der Waals surface area contributed by atoms with Gasteiger partial charge in [-0.25, -0.2) is 26.3 Å². The van der Waals surface area contributed by atoms with Crippen molar-refractivity contribution in [1.29, 1.82) is 0 Å². The van der Waals surface area contributed by atoms with Crippen LogP contribution in [0.3, 0.4) is 0 Å². The lowest BCUT2D eigenvalue weighted by molar-refractivity contribution is -0.126. The zero-order valence-electron chi connectivity index (χ0n) is 7.93. The maximum atomic E-state index is 12.9. The van der Waals surface area contributed by atoms with Gasteiger partial charge in [0.1, 0.15) is 0 Å². The topological polar surface area (TPSA) is 17.1 Å². The Kier molecular flexibility index (Phi) is 3.73. The van der Waals surface area contributed by atoms with Crippen LogP contribution >= 0.6 is 0 Å². The first-order valence-electron chi connectivity index (χ1n) is 3.97. The summed E-state index contributed by atoms with van der Waals surface area (Å²) in [6.07, 6.45) is 0. The molecule has 0 saturated heterocycles. The van der Waals surface area contributed by atoms with Crippen molar-refractivity contribution in [2.75, 3.05) is 0 Å². The minimum atomic E-state index is -3.06. The molecule has 0 aromatic heterocycles. The first-order valence-corrected chi connectivity index (χ1v) is 3.97. The lowest BCUT2D eigenvalue weighted by Crippen LogP contribution is -2.07. The van der Waals surface area contributed by atoms with Gasteiger partial charge in [-0.2, -0.15) is 8.78 Å². The van der Waals surface area contributed by atoms with Crippen LogP contribution in [-0.2, 0) is 4.79 Å². The molecule has 0 radical (unpaired) electrons. The number of carbonyl (C=O) groups is 1. The third-order valence-electron chi connectivity index (χ3n) is 1.79. The number of hydrogen-bond acceptors (Lipinski definition) is 1. The van der Waals surface area contributed by atoms with Gasteiger partial charge in [-0.15, -0.1) is 0 Å². The van der Waals surface area contributed by atoms with Crippen LogP contribution in [-0.4, -0.2) is 6.04 Å². The van der Waals surface area contributed by atoms with E-state index in [9.17, 15) is 39.9 Å². The van der Waals surface area contributed by atoms with E-state index < -0.39 is 52.3 Å². The Morgan fingerprint density at radius 3 is 1.33 bits per heavy atom. The molecule has 0 unspecified atom stereocenters. The monoisotopic (exact) mass is 276 g/mol. The number of rotatable bonds is 2. The molecular weight excluding hydrogens is 276 g/mol. The van der Waals surface area contributed by atoms with E-state index in [4.69, 9.17) is 0 Å². The van der Waals surface area contributed by atoms with Gasteiger partial charge in [0, 0.05) is 0 Å². The van der Waals surface area contributed by atoms with Crippen molar-refractivity contribution < 1.29 is 39.9 Å². The van der Waals surface area contributed by atoms with E-state index in [0.717, 1.165) is 0 Å². The second kappa shape index (κ2) is 4.75. The molecule has 0 atom stereocenters. The molecular formula is C9F8O. The summed E-state index contributed by atoms with van der Waals surface area (Å²) in [7, 11) is 0. The first-order chi connectivity index (χ1) is 8.20. The molecule has 0 fully saturated rings. The van der Waals surface area contributed by atoms with Gasteiger partial charge in [-0.05, 0) is 0 Å². The van der Waals surface area contributed by atoms with Crippen molar-refractivity contribution >= 4 is 11.9 Å². The van der Waals surface area contributed by atoms with E-state index in [1.165, 1.54) is 0 Å². The van der Waals surface area contributed by atoms with Crippen molar-refractivity contribution in [2.24, 2.45) is 0 Å². The maximum absolute atomic E-state index is 12.9. The highest BCUT2D eigenvalue weighted by molar-refractivity contribution is 5.92. The summed E-state index contributed by atoms with van der Waals surface area (Å²) in [5.74, 6) is -18.9. The van der Waals surface area contributed by atoms with Crippen LogP contribution in [0, 0.1) is 29.1 Å². The first kappa shape index (κ1) is 14.1. The molecule has 0 aliphatic carbocycles. The van der Waals surface area contributed by atoms with E-state index in [0.29, 0.717) is 0 Å². The van der Waals surface area contributed by atoms with Gasteiger partial charge >= 0.3 is 6.04 Å². The average molecular weight is 276 g/mol. The highest BCUT2D eigenvalue weighted by atomic mass is 19.2. The maximum Gasteiger partial charge on any atom is 0.363 e. The van der Waals surface area contributed by atoms with Gasteiger partial charge in [-0.3, -0.25) is 4.79 Å². The highest BCUT2D eigenvalue weighted by Gasteiger charge is 2.31. The fourth-order valence-electron chi connectivity index (χ4n) is 0.994. The Balaban J connectivity index is 3.73. The Hall–Kier alpha value is -1.93. The standard InChI is InChI=1S/C9F8O/c10-2-1(4(12)8(16)9(17)18)3(11)6(14)7(15)5(2)13. The molecule has 0 aliphatic heterocycles. The van der Waals surface area contributed by atoms with Crippen LogP contribution in [0.25, 0.3) is 5.83 Å². The molecule has 0 amide bonds. The summed E-state index contributed by atoms with van der Waals surface area (Å²) in [4.78, 5) is 9.77. The zero-order valence-corrected chi connectivity index (χ0v) is 7.93. The molecule has 1 aromatic carbocycles. The zero-order chi connectivity index (χ0) is 14.2. The molecule has 0 N–H and O–H groups in total. The number of halogens is 8. The lowest BCUT2D eigenvalue weighted by Gasteiger charge is -2.06. The summed E-state index contributed by atoms with van der Waals surface area (Å²) >= 11 is 0. The molecule has 1 rings (SSSR count). The quantitative estimate of drug-likeness (QED) is 0.266. The van der Waals surface area contributed by atoms with Gasteiger partial charge in [-0.1, -0.05) is 0 Å². The molecule has 0 aliphatic rings. The molecule has 0 bridgehead atoms. The SMILES string of the molecule is O=C(F)C(F)=C(F)c1c(F)c(F)c(F)c(F)c1F. The van der Waals surface area contributed by atoms with E-state index in [1.807, 2.05) is 0 Å². The van der Waals surface area contributed by atoms with Crippen molar-refractivity contribution in [3.8, 4) is 0 Å². The van der Waals surface area contributed by atoms with Crippen LogP contribution < -0.4 is 0 Å². The normalized spacial score (nSPS) is 12.4. The van der Waals surface area contributed by atoms with Crippen LogP contribution in [0.5, 0.6) is 0 Å². The largest absolute Gasteiger partial charge is 0.363 e. The number of allylic oxidation sites excluding steroid dienone is 1. The van der Waals surface area contributed by atoms with E-state index in [2.05, 4.69) is 0 Å². The molecule has 0 spiro atoms. The summed E-state index contributed by atoms with van der Waals surface area (Å²) in [5, 5.41) is 0. The van der Waals surface area contributed by atoms with E-state index in [1.54, 1.807) is 0 Å². The highest BCUT2D eigenvalue weighted by Crippen LogP contribution is 2.31. The molecule has 1 nitrogen and oxygen atoms in total. The summed E-state index contributed by atoms with van der Waals surface area (Å²) in [6.45, 7) is 0. The van der Waals surface area contributed by atoms with E-state index in [-0.39, 0.29) is 0 Å². The second-order valence-electron chi connectivity index (χ2n) is 2.85. The van der Waals surface area contributed by atoms with Gasteiger partial charge in [0.25, 0.3) is 0 Å². The van der Waals surface area contributed by atoms with Gasteiger partial charge < -0.3 is 0 Å². The van der Waals surface area contributed by atoms with Crippen LogP contribution in [0.15, 0.2) is 5.83 Å². The van der Waals surface area contributed by atoms with Gasteiger partial charge in [0.2, 0.25) is 11.6 Å². The number of benzene rings is 1. The molecule has 0 saturated carbocycles. The Morgan fingerprint density at radius 2 is 1.00 bits per heavy atom. The Bertz CT molecular complexity index is 533. The smallest absolute Gasteiger partial charge is 0.252 e. The molecule has 0 heterocycles. The minimum absolute atomic E-state index is 2.35. The van der Waals surface area contributed by atoms with Gasteiger partial charge in [0.05, 0.1) is 5.56 Å². The summed E-state index contributed by atoms with van der Waals surface area (Å²) in [6, 6.07) is -3.06. The number of hydrogen-bond donors (Lipinski definition) is 0. The third-order valence-corrected chi connectivity index (χ3v) is 1.79. The lowest BCUT2D eigenvalue weighted by atomic mass is 10.1. The Labute approximate surface area is 93.3 Å². The molecule has 1 aromatic rings.